The molecule has 1 heterocycles. The van der Waals surface area contributed by atoms with Crippen LogP contribution in [0.25, 0.3) is 5.57 Å². The highest BCUT2D eigenvalue weighted by molar-refractivity contribution is 6.03. The van der Waals surface area contributed by atoms with Crippen molar-refractivity contribution in [1.29, 1.82) is 0 Å². The summed E-state index contributed by atoms with van der Waals surface area (Å²) in [7, 11) is 0. The van der Waals surface area contributed by atoms with Crippen molar-refractivity contribution in [2.45, 2.75) is 31.2 Å². The Morgan fingerprint density at radius 2 is 2.00 bits per heavy atom. The van der Waals surface area contributed by atoms with Gasteiger partial charge in [0.05, 0.1) is 12.2 Å². The average Bonchev–Trinajstić information content (AvgIpc) is 2.31. The molecule has 0 aromatic heterocycles. The maximum Gasteiger partial charge on any atom is 0.343 e. The minimum atomic E-state index is -1.09. The number of aliphatic hydroxyl groups is 2. The van der Waals surface area contributed by atoms with Gasteiger partial charge < -0.3 is 25.2 Å². The third-order valence-electron chi connectivity index (χ3n) is 3.81. The van der Waals surface area contributed by atoms with Crippen LogP contribution in [0.3, 0.4) is 0 Å². The number of carbonyl (C=O) groups excluding carboxylic acids is 1. The summed E-state index contributed by atoms with van der Waals surface area (Å²) in [5, 5.41) is 38.9. The van der Waals surface area contributed by atoms with Crippen molar-refractivity contribution in [3.05, 3.63) is 29.3 Å². The van der Waals surface area contributed by atoms with Crippen LogP contribution in [0.1, 0.15) is 29.3 Å². The van der Waals surface area contributed by atoms with Gasteiger partial charge in [0.15, 0.2) is 0 Å². The number of aromatic hydroxyl groups is 2. The predicted molar refractivity (Wildman–Crippen MR) is 68.2 cm³/mol. The van der Waals surface area contributed by atoms with E-state index in [1.54, 1.807) is 6.92 Å². The molecule has 0 bridgehead atoms. The molecule has 1 aromatic rings. The minimum absolute atomic E-state index is 0.0433. The first-order chi connectivity index (χ1) is 9.32. The van der Waals surface area contributed by atoms with Crippen LogP contribution in [-0.4, -0.2) is 44.2 Å². The largest absolute Gasteiger partial charge is 0.508 e. The van der Waals surface area contributed by atoms with E-state index in [-0.39, 0.29) is 23.5 Å². The number of fused-ring (bicyclic) bond motifs is 3. The Morgan fingerprint density at radius 1 is 1.30 bits per heavy atom. The van der Waals surface area contributed by atoms with E-state index in [9.17, 15) is 25.2 Å². The molecule has 1 aliphatic heterocycles. The second-order valence-corrected chi connectivity index (χ2v) is 5.35. The molecule has 0 amide bonds. The SMILES string of the molecule is C[C@]12C[C@H](O)[C@H](O)C=C1c1cc(O)cc(O)c1C(=O)O2. The van der Waals surface area contributed by atoms with Gasteiger partial charge in [0.25, 0.3) is 0 Å². The number of hydrogen-bond acceptors (Lipinski definition) is 6. The Hall–Kier alpha value is -2.05. The molecule has 0 unspecified atom stereocenters. The zero-order valence-electron chi connectivity index (χ0n) is 10.7. The van der Waals surface area contributed by atoms with E-state index in [0.29, 0.717) is 11.1 Å². The van der Waals surface area contributed by atoms with E-state index >= 15 is 0 Å². The lowest BCUT2D eigenvalue weighted by molar-refractivity contribution is -0.0387. The van der Waals surface area contributed by atoms with Gasteiger partial charge in [-0.05, 0) is 19.1 Å². The Balaban J connectivity index is 2.28. The number of carbonyl (C=O) groups is 1. The molecule has 4 N–H and O–H groups in total. The Morgan fingerprint density at radius 3 is 2.70 bits per heavy atom. The second kappa shape index (κ2) is 3.97. The second-order valence-electron chi connectivity index (χ2n) is 5.35. The fraction of sp³-hybridized carbons (Fsp3) is 0.357. The van der Waals surface area contributed by atoms with E-state index in [4.69, 9.17) is 4.74 Å². The monoisotopic (exact) mass is 278 g/mol. The fourth-order valence-corrected chi connectivity index (χ4v) is 2.85. The third-order valence-corrected chi connectivity index (χ3v) is 3.81. The molecule has 106 valence electrons. The van der Waals surface area contributed by atoms with Crippen LogP contribution in [0.2, 0.25) is 0 Å². The van der Waals surface area contributed by atoms with Crippen LogP contribution < -0.4 is 0 Å². The average molecular weight is 278 g/mol. The Kier molecular flexibility index (Phi) is 2.57. The van der Waals surface area contributed by atoms with Crippen LogP contribution in [0.5, 0.6) is 11.5 Å². The standard InChI is InChI=1S/C14H14O6/c1-14-5-11(18)9(16)4-8(14)7-2-6(15)3-10(17)12(7)13(19)20-14/h2-4,9,11,15-18H,5H2,1H3/t9-,11+,14+/m1/s1. The van der Waals surface area contributed by atoms with Crippen molar-refractivity contribution in [2.75, 3.05) is 0 Å². The summed E-state index contributed by atoms with van der Waals surface area (Å²) in [6.07, 6.45) is -0.698. The van der Waals surface area contributed by atoms with Gasteiger partial charge in [0.1, 0.15) is 22.7 Å². The summed E-state index contributed by atoms with van der Waals surface area (Å²) in [6.45, 7) is 1.62. The van der Waals surface area contributed by atoms with Gasteiger partial charge in [-0.3, -0.25) is 0 Å². The maximum absolute atomic E-state index is 12.0. The highest BCUT2D eigenvalue weighted by Gasteiger charge is 2.47. The van der Waals surface area contributed by atoms with Gasteiger partial charge in [0, 0.05) is 23.6 Å². The molecule has 0 saturated carbocycles. The maximum atomic E-state index is 12.0. The third kappa shape index (κ3) is 1.69. The van der Waals surface area contributed by atoms with Crippen LogP contribution in [0, 0.1) is 0 Å². The van der Waals surface area contributed by atoms with Crippen molar-refractivity contribution >= 4 is 11.5 Å². The topological polar surface area (TPSA) is 107 Å². The van der Waals surface area contributed by atoms with Crippen LogP contribution in [0.4, 0.5) is 0 Å². The zero-order valence-corrected chi connectivity index (χ0v) is 10.7. The van der Waals surface area contributed by atoms with E-state index in [2.05, 4.69) is 0 Å². The van der Waals surface area contributed by atoms with Gasteiger partial charge in [-0.15, -0.1) is 0 Å². The number of rotatable bonds is 0. The number of ether oxygens (including phenoxy) is 1. The van der Waals surface area contributed by atoms with Gasteiger partial charge in [-0.25, -0.2) is 4.79 Å². The Labute approximate surface area is 114 Å². The van der Waals surface area contributed by atoms with E-state index in [0.717, 1.165) is 6.07 Å². The summed E-state index contributed by atoms with van der Waals surface area (Å²) in [5.74, 6) is -1.30. The number of aliphatic hydroxyl groups excluding tert-OH is 2. The molecule has 0 radical (unpaired) electrons. The van der Waals surface area contributed by atoms with Gasteiger partial charge in [-0.1, -0.05) is 0 Å². The van der Waals surface area contributed by atoms with E-state index in [1.807, 2.05) is 0 Å². The van der Waals surface area contributed by atoms with Crippen molar-refractivity contribution in [3.8, 4) is 11.5 Å². The van der Waals surface area contributed by atoms with Crippen molar-refractivity contribution in [1.82, 2.24) is 0 Å². The summed E-state index contributed by atoms with van der Waals surface area (Å²) in [4.78, 5) is 12.0. The lowest BCUT2D eigenvalue weighted by Crippen LogP contribution is -2.47. The molecule has 1 aliphatic carbocycles. The quantitative estimate of drug-likeness (QED) is 0.516. The molecule has 0 spiro atoms. The highest BCUT2D eigenvalue weighted by atomic mass is 16.6. The number of hydrogen-bond donors (Lipinski definition) is 4. The lowest BCUT2D eigenvalue weighted by Gasteiger charge is -2.42. The molecular formula is C14H14O6. The molecule has 3 atom stereocenters. The van der Waals surface area contributed by atoms with Crippen LogP contribution in [-0.2, 0) is 4.74 Å². The minimum Gasteiger partial charge on any atom is -0.508 e. The number of esters is 1. The highest BCUT2D eigenvalue weighted by Crippen LogP contribution is 2.47. The van der Waals surface area contributed by atoms with Crippen molar-refractivity contribution < 1.29 is 30.0 Å². The number of benzene rings is 1. The van der Waals surface area contributed by atoms with Gasteiger partial charge >= 0.3 is 5.97 Å². The predicted octanol–water partition coefficient (Wildman–Crippen LogP) is 0.536. The van der Waals surface area contributed by atoms with Gasteiger partial charge in [0.2, 0.25) is 0 Å². The summed E-state index contributed by atoms with van der Waals surface area (Å²) < 4.78 is 5.32. The van der Waals surface area contributed by atoms with Crippen molar-refractivity contribution in [3.63, 3.8) is 0 Å². The van der Waals surface area contributed by atoms with E-state index in [1.165, 1.54) is 12.1 Å². The van der Waals surface area contributed by atoms with Crippen LogP contribution in [0.15, 0.2) is 18.2 Å². The van der Waals surface area contributed by atoms with E-state index < -0.39 is 23.8 Å². The number of phenolic OH excluding ortho intramolecular Hbond substituents is 2. The van der Waals surface area contributed by atoms with Gasteiger partial charge in [-0.2, -0.15) is 0 Å². The first-order valence-electron chi connectivity index (χ1n) is 6.20. The molecular weight excluding hydrogens is 264 g/mol. The molecule has 20 heavy (non-hydrogen) atoms. The zero-order chi connectivity index (χ0) is 14.7. The summed E-state index contributed by atoms with van der Waals surface area (Å²) >= 11 is 0. The normalized spacial score (nSPS) is 31.9. The van der Waals surface area contributed by atoms with Crippen LogP contribution >= 0.6 is 0 Å². The number of phenols is 2. The van der Waals surface area contributed by atoms with Crippen molar-refractivity contribution in [2.24, 2.45) is 0 Å². The first-order valence-corrected chi connectivity index (χ1v) is 6.20. The molecule has 0 fully saturated rings. The molecule has 6 nitrogen and oxygen atoms in total. The molecule has 3 rings (SSSR count). The molecule has 1 aromatic carbocycles. The smallest absolute Gasteiger partial charge is 0.343 e. The summed E-state index contributed by atoms with van der Waals surface area (Å²) in [5.41, 5.74) is -0.360. The summed E-state index contributed by atoms with van der Waals surface area (Å²) in [6, 6.07) is 2.39. The molecule has 0 saturated heterocycles. The first kappa shape index (κ1) is 13.0. The molecule has 6 heteroatoms. The molecule has 2 aliphatic rings. The Bertz CT molecular complexity index is 635. The fourth-order valence-electron chi connectivity index (χ4n) is 2.85. The lowest BCUT2D eigenvalue weighted by atomic mass is 9.75.